The molecule has 0 radical (unpaired) electrons. The fraction of sp³-hybridized carbons (Fsp3) is 0.111. The van der Waals surface area contributed by atoms with Crippen molar-refractivity contribution < 1.29 is 9.90 Å². The van der Waals surface area contributed by atoms with Crippen LogP contribution in [0, 0.1) is 0 Å². The highest BCUT2D eigenvalue weighted by molar-refractivity contribution is 7.19. The minimum atomic E-state index is -0.848. The fourth-order valence-corrected chi connectivity index (χ4v) is 3.68. The van der Waals surface area contributed by atoms with Gasteiger partial charge in [-0.1, -0.05) is 47.5 Å². The summed E-state index contributed by atoms with van der Waals surface area (Å²) in [5.74, 6) is -0.848. The molecule has 0 saturated heterocycles. The van der Waals surface area contributed by atoms with E-state index < -0.39 is 5.97 Å². The van der Waals surface area contributed by atoms with Gasteiger partial charge in [0.2, 0.25) is 0 Å². The zero-order chi connectivity index (χ0) is 17.1. The molecule has 0 amide bonds. The van der Waals surface area contributed by atoms with E-state index in [9.17, 15) is 4.79 Å². The van der Waals surface area contributed by atoms with Gasteiger partial charge in [0.15, 0.2) is 0 Å². The Bertz CT molecular complexity index is 901. The molecule has 0 spiro atoms. The van der Waals surface area contributed by atoms with Gasteiger partial charge < -0.3 is 5.11 Å². The minimum Gasteiger partial charge on any atom is -0.481 e. The topological polar surface area (TPSA) is 50.2 Å². The van der Waals surface area contributed by atoms with Crippen LogP contribution in [-0.2, 0) is 4.79 Å². The number of para-hydroxylation sites is 1. The molecule has 3 aromatic rings. The van der Waals surface area contributed by atoms with Crippen molar-refractivity contribution in [2.45, 2.75) is 12.8 Å². The van der Waals surface area contributed by atoms with E-state index in [-0.39, 0.29) is 6.42 Å². The molecule has 3 nitrogen and oxygen atoms in total. The van der Waals surface area contributed by atoms with Crippen molar-refractivity contribution in [3.63, 3.8) is 0 Å². The smallest absolute Gasteiger partial charge is 0.303 e. The normalized spacial score (nSPS) is 11.8. The van der Waals surface area contributed by atoms with Crippen LogP contribution in [0.5, 0.6) is 0 Å². The molecule has 122 valence electrons. The molecule has 0 saturated carbocycles. The molecular formula is C18H13Cl2NO2S. The SMILES string of the molecule is O=C(O)CC/C(=C/c1cccc(Cl)c1Cl)c1nc2ccccc2s1. The number of fused-ring (bicyclic) bond motifs is 1. The minimum absolute atomic E-state index is 0.0277. The Morgan fingerprint density at radius 3 is 2.67 bits per heavy atom. The maximum atomic E-state index is 11.0. The van der Waals surface area contributed by atoms with Crippen molar-refractivity contribution in [2.75, 3.05) is 0 Å². The Kier molecular flexibility index (Phi) is 5.19. The maximum absolute atomic E-state index is 11.0. The first-order chi connectivity index (χ1) is 11.5. The largest absolute Gasteiger partial charge is 0.481 e. The lowest BCUT2D eigenvalue weighted by molar-refractivity contribution is -0.136. The first kappa shape index (κ1) is 17.0. The number of hydrogen-bond donors (Lipinski definition) is 1. The number of carboxylic acid groups (broad SMARTS) is 1. The number of nitrogens with zero attached hydrogens (tertiary/aromatic N) is 1. The van der Waals surface area contributed by atoms with Gasteiger partial charge in [-0.25, -0.2) is 4.98 Å². The van der Waals surface area contributed by atoms with Crippen LogP contribution in [-0.4, -0.2) is 16.1 Å². The number of allylic oxidation sites excluding steroid dienone is 1. The van der Waals surface area contributed by atoms with Crippen molar-refractivity contribution in [1.29, 1.82) is 0 Å². The van der Waals surface area contributed by atoms with Gasteiger partial charge in [-0.05, 0) is 41.8 Å². The molecule has 0 atom stereocenters. The van der Waals surface area contributed by atoms with Crippen LogP contribution in [0.1, 0.15) is 23.4 Å². The highest BCUT2D eigenvalue weighted by atomic mass is 35.5. The van der Waals surface area contributed by atoms with E-state index in [1.807, 2.05) is 42.5 Å². The fourth-order valence-electron chi connectivity index (χ4n) is 2.31. The molecule has 1 heterocycles. The lowest BCUT2D eigenvalue weighted by atomic mass is 10.1. The van der Waals surface area contributed by atoms with E-state index in [4.69, 9.17) is 28.3 Å². The third-order valence-electron chi connectivity index (χ3n) is 3.49. The van der Waals surface area contributed by atoms with Crippen molar-refractivity contribution in [3.05, 3.63) is 63.1 Å². The summed E-state index contributed by atoms with van der Waals surface area (Å²) < 4.78 is 1.06. The second-order valence-corrected chi connectivity index (χ2v) is 7.01. The van der Waals surface area contributed by atoms with Crippen LogP contribution in [0.2, 0.25) is 10.0 Å². The lowest BCUT2D eigenvalue weighted by Crippen LogP contribution is -1.95. The molecule has 0 bridgehead atoms. The zero-order valence-corrected chi connectivity index (χ0v) is 14.8. The molecule has 0 fully saturated rings. The molecule has 1 aromatic heterocycles. The van der Waals surface area contributed by atoms with Gasteiger partial charge in [-0.15, -0.1) is 11.3 Å². The summed E-state index contributed by atoms with van der Waals surface area (Å²) in [6.45, 7) is 0. The molecule has 0 aliphatic rings. The van der Waals surface area contributed by atoms with E-state index in [0.29, 0.717) is 16.5 Å². The Hall–Kier alpha value is -1.88. The van der Waals surface area contributed by atoms with Crippen LogP contribution >= 0.6 is 34.5 Å². The van der Waals surface area contributed by atoms with Crippen LogP contribution < -0.4 is 0 Å². The van der Waals surface area contributed by atoms with Gasteiger partial charge in [0.1, 0.15) is 5.01 Å². The Morgan fingerprint density at radius 2 is 1.92 bits per heavy atom. The Balaban J connectivity index is 2.06. The van der Waals surface area contributed by atoms with Crippen molar-refractivity contribution >= 4 is 62.4 Å². The van der Waals surface area contributed by atoms with E-state index >= 15 is 0 Å². The molecule has 24 heavy (non-hydrogen) atoms. The highest BCUT2D eigenvalue weighted by Gasteiger charge is 2.12. The predicted molar refractivity (Wildman–Crippen MR) is 101 cm³/mol. The monoisotopic (exact) mass is 377 g/mol. The third-order valence-corrected chi connectivity index (χ3v) is 5.43. The molecule has 0 unspecified atom stereocenters. The van der Waals surface area contributed by atoms with Gasteiger partial charge in [0, 0.05) is 6.42 Å². The number of carbonyl (C=O) groups is 1. The quantitative estimate of drug-likeness (QED) is 0.592. The van der Waals surface area contributed by atoms with Gasteiger partial charge in [-0.3, -0.25) is 4.79 Å². The van der Waals surface area contributed by atoms with Crippen LogP contribution in [0.25, 0.3) is 21.9 Å². The summed E-state index contributed by atoms with van der Waals surface area (Å²) in [7, 11) is 0. The number of hydrogen-bond acceptors (Lipinski definition) is 3. The first-order valence-corrected chi connectivity index (χ1v) is 8.84. The molecule has 0 aliphatic carbocycles. The maximum Gasteiger partial charge on any atom is 0.303 e. The van der Waals surface area contributed by atoms with E-state index in [2.05, 4.69) is 4.98 Å². The third kappa shape index (κ3) is 3.78. The number of aliphatic carboxylic acids is 1. The van der Waals surface area contributed by atoms with Gasteiger partial charge >= 0.3 is 5.97 Å². The van der Waals surface area contributed by atoms with Crippen LogP contribution in [0.4, 0.5) is 0 Å². The van der Waals surface area contributed by atoms with Gasteiger partial charge in [0.25, 0.3) is 0 Å². The predicted octanol–water partition coefficient (Wildman–Crippen LogP) is 6.01. The number of carboxylic acids is 1. The number of rotatable bonds is 5. The summed E-state index contributed by atoms with van der Waals surface area (Å²) in [6.07, 6.45) is 2.27. The number of thiazole rings is 1. The molecule has 6 heteroatoms. The highest BCUT2D eigenvalue weighted by Crippen LogP contribution is 2.33. The molecule has 2 aromatic carbocycles. The average Bonchev–Trinajstić information content (AvgIpc) is 2.99. The molecular weight excluding hydrogens is 365 g/mol. The van der Waals surface area contributed by atoms with E-state index in [1.54, 1.807) is 6.07 Å². The average molecular weight is 378 g/mol. The second-order valence-electron chi connectivity index (χ2n) is 5.19. The van der Waals surface area contributed by atoms with Crippen LogP contribution in [0.3, 0.4) is 0 Å². The Labute approximate surface area is 153 Å². The lowest BCUT2D eigenvalue weighted by Gasteiger charge is -2.05. The summed E-state index contributed by atoms with van der Waals surface area (Å²) in [5, 5.41) is 10.7. The summed E-state index contributed by atoms with van der Waals surface area (Å²) >= 11 is 13.9. The second kappa shape index (κ2) is 7.34. The molecule has 3 rings (SSSR count). The Morgan fingerprint density at radius 1 is 1.12 bits per heavy atom. The van der Waals surface area contributed by atoms with E-state index in [1.165, 1.54) is 11.3 Å². The van der Waals surface area contributed by atoms with Crippen molar-refractivity contribution in [3.8, 4) is 0 Å². The van der Waals surface area contributed by atoms with Crippen molar-refractivity contribution in [2.24, 2.45) is 0 Å². The summed E-state index contributed by atoms with van der Waals surface area (Å²) in [5.41, 5.74) is 2.49. The summed E-state index contributed by atoms with van der Waals surface area (Å²) in [6, 6.07) is 13.2. The molecule has 0 aliphatic heterocycles. The number of benzene rings is 2. The standard InChI is InChI=1S/C18H13Cl2NO2S/c19-13-5-3-4-11(17(13)20)10-12(8-9-16(22)23)18-21-14-6-1-2-7-15(14)24-18/h1-7,10H,8-9H2,(H,22,23)/b12-10-. The molecule has 1 N–H and O–H groups in total. The van der Waals surface area contributed by atoms with Crippen LogP contribution in [0.15, 0.2) is 42.5 Å². The zero-order valence-electron chi connectivity index (χ0n) is 12.5. The number of aromatic nitrogens is 1. The number of halogens is 2. The van der Waals surface area contributed by atoms with E-state index in [0.717, 1.165) is 26.4 Å². The van der Waals surface area contributed by atoms with Gasteiger partial charge in [0.05, 0.1) is 20.3 Å². The van der Waals surface area contributed by atoms with Gasteiger partial charge in [-0.2, -0.15) is 0 Å². The van der Waals surface area contributed by atoms with Crippen molar-refractivity contribution in [1.82, 2.24) is 4.98 Å². The summed E-state index contributed by atoms with van der Waals surface area (Å²) in [4.78, 5) is 15.6. The first-order valence-electron chi connectivity index (χ1n) is 7.27.